The van der Waals surface area contributed by atoms with Gasteiger partial charge in [0.1, 0.15) is 5.75 Å². The first-order valence-electron chi connectivity index (χ1n) is 6.99. The average molecular weight is 367 g/mol. The lowest BCUT2D eigenvalue weighted by Gasteiger charge is -2.03. The predicted octanol–water partition coefficient (Wildman–Crippen LogP) is 1.84. The van der Waals surface area contributed by atoms with Crippen molar-refractivity contribution >= 4 is 40.2 Å². The van der Waals surface area contributed by atoms with Gasteiger partial charge in [0.2, 0.25) is 11.0 Å². The summed E-state index contributed by atoms with van der Waals surface area (Å²) in [7, 11) is 1.63. The lowest BCUT2D eigenvalue weighted by molar-refractivity contribution is -0.119. The number of urea groups is 1. The first kappa shape index (κ1) is 18.0. The van der Waals surface area contributed by atoms with Crippen LogP contribution >= 0.6 is 23.1 Å². The Morgan fingerprint density at radius 2 is 2.04 bits per heavy atom. The van der Waals surface area contributed by atoms with E-state index in [2.05, 4.69) is 15.5 Å². The maximum Gasteiger partial charge on any atom is 0.318 e. The Hall–Kier alpha value is -2.33. The molecule has 0 saturated heterocycles. The molecule has 1 aromatic heterocycles. The molecule has 0 atom stereocenters. The van der Waals surface area contributed by atoms with E-state index in [1.165, 1.54) is 23.1 Å². The van der Waals surface area contributed by atoms with Crippen LogP contribution in [0.4, 0.5) is 9.93 Å². The summed E-state index contributed by atoms with van der Waals surface area (Å²) < 4.78 is 5.86. The molecule has 128 valence electrons. The largest absolute Gasteiger partial charge is 0.497 e. The molecule has 2 rings (SSSR count). The summed E-state index contributed by atoms with van der Waals surface area (Å²) >= 11 is 2.81. The van der Waals surface area contributed by atoms with E-state index in [1.54, 1.807) is 7.11 Å². The first-order chi connectivity index (χ1) is 11.6. The molecule has 0 radical (unpaired) electrons. The highest BCUT2D eigenvalue weighted by atomic mass is 32.2. The Bertz CT molecular complexity index is 690. The molecule has 0 spiro atoms. The number of nitrogens with one attached hydrogen (secondary N) is 2. The molecule has 4 N–H and O–H groups in total. The summed E-state index contributed by atoms with van der Waals surface area (Å²) in [5.74, 6) is 0.901. The Balaban J connectivity index is 1.74. The SMILES string of the molecule is COc1ccc(CNc2nnc(SCCC(=O)NC(N)=O)s2)cc1. The van der Waals surface area contributed by atoms with Crippen LogP contribution in [-0.4, -0.2) is 35.0 Å². The van der Waals surface area contributed by atoms with Crippen molar-refractivity contribution in [3.63, 3.8) is 0 Å². The third-order valence-corrected chi connectivity index (χ3v) is 4.84. The minimum Gasteiger partial charge on any atom is -0.497 e. The number of amides is 3. The maximum absolute atomic E-state index is 11.3. The van der Waals surface area contributed by atoms with Crippen molar-refractivity contribution in [3.8, 4) is 5.75 Å². The molecular weight excluding hydrogens is 350 g/mol. The number of aromatic nitrogens is 2. The topological polar surface area (TPSA) is 119 Å². The molecule has 1 aromatic carbocycles. The number of rotatable bonds is 8. The number of carbonyl (C=O) groups is 2. The molecule has 2 aromatic rings. The van der Waals surface area contributed by atoms with Gasteiger partial charge in [-0.25, -0.2) is 4.79 Å². The van der Waals surface area contributed by atoms with Crippen LogP contribution in [0, 0.1) is 0 Å². The van der Waals surface area contributed by atoms with Gasteiger partial charge < -0.3 is 15.8 Å². The van der Waals surface area contributed by atoms with Gasteiger partial charge in [-0.05, 0) is 17.7 Å². The number of hydrogen-bond acceptors (Lipinski definition) is 8. The minimum atomic E-state index is -0.842. The van der Waals surface area contributed by atoms with Gasteiger partial charge in [-0.3, -0.25) is 10.1 Å². The summed E-state index contributed by atoms with van der Waals surface area (Å²) in [4.78, 5) is 21.8. The van der Waals surface area contributed by atoms with Crippen molar-refractivity contribution in [1.29, 1.82) is 0 Å². The van der Waals surface area contributed by atoms with Crippen molar-refractivity contribution in [2.75, 3.05) is 18.2 Å². The molecule has 0 aliphatic carbocycles. The summed E-state index contributed by atoms with van der Waals surface area (Å²) in [5, 5.41) is 14.0. The van der Waals surface area contributed by atoms with Crippen LogP contribution in [0.1, 0.15) is 12.0 Å². The van der Waals surface area contributed by atoms with E-state index in [-0.39, 0.29) is 6.42 Å². The second-order valence-corrected chi connectivity index (χ2v) is 6.91. The van der Waals surface area contributed by atoms with Crippen molar-refractivity contribution in [2.45, 2.75) is 17.3 Å². The van der Waals surface area contributed by atoms with E-state index >= 15 is 0 Å². The highest BCUT2D eigenvalue weighted by Gasteiger charge is 2.08. The van der Waals surface area contributed by atoms with Gasteiger partial charge >= 0.3 is 6.03 Å². The Kier molecular flexibility index (Phi) is 6.82. The highest BCUT2D eigenvalue weighted by molar-refractivity contribution is 8.01. The first-order valence-corrected chi connectivity index (χ1v) is 8.79. The van der Waals surface area contributed by atoms with Crippen LogP contribution in [0.15, 0.2) is 28.6 Å². The van der Waals surface area contributed by atoms with Gasteiger partial charge in [0.25, 0.3) is 0 Å². The number of anilines is 1. The normalized spacial score (nSPS) is 10.2. The number of nitrogens with zero attached hydrogens (tertiary/aromatic N) is 2. The van der Waals surface area contributed by atoms with Gasteiger partial charge in [0, 0.05) is 18.7 Å². The molecule has 10 heteroatoms. The third-order valence-electron chi connectivity index (χ3n) is 2.83. The number of primary amides is 1. The molecule has 3 amide bonds. The fourth-order valence-corrected chi connectivity index (χ4v) is 3.45. The monoisotopic (exact) mass is 367 g/mol. The van der Waals surface area contributed by atoms with Gasteiger partial charge in [-0.15, -0.1) is 10.2 Å². The minimum absolute atomic E-state index is 0.182. The molecule has 0 unspecified atom stereocenters. The Morgan fingerprint density at radius 3 is 2.71 bits per heavy atom. The van der Waals surface area contributed by atoms with Crippen LogP contribution in [-0.2, 0) is 11.3 Å². The Morgan fingerprint density at radius 1 is 1.29 bits per heavy atom. The lowest BCUT2D eigenvalue weighted by Crippen LogP contribution is -2.35. The van der Waals surface area contributed by atoms with Crippen molar-refractivity contribution in [1.82, 2.24) is 15.5 Å². The lowest BCUT2D eigenvalue weighted by atomic mass is 10.2. The number of thioether (sulfide) groups is 1. The van der Waals surface area contributed by atoms with Crippen LogP contribution in [0.3, 0.4) is 0 Å². The number of ether oxygens (including phenoxy) is 1. The predicted molar refractivity (Wildman–Crippen MR) is 93.3 cm³/mol. The smallest absolute Gasteiger partial charge is 0.318 e. The molecule has 0 bridgehead atoms. The fraction of sp³-hybridized carbons (Fsp3) is 0.286. The van der Waals surface area contributed by atoms with E-state index in [9.17, 15) is 9.59 Å². The van der Waals surface area contributed by atoms with E-state index < -0.39 is 11.9 Å². The summed E-state index contributed by atoms with van der Waals surface area (Å²) in [6.45, 7) is 0.629. The zero-order valence-electron chi connectivity index (χ0n) is 12.9. The highest BCUT2D eigenvalue weighted by Crippen LogP contribution is 2.26. The summed E-state index contributed by atoms with van der Waals surface area (Å²) in [6, 6.07) is 6.90. The van der Waals surface area contributed by atoms with E-state index in [1.807, 2.05) is 29.6 Å². The molecule has 0 aliphatic heterocycles. The maximum atomic E-state index is 11.3. The van der Waals surface area contributed by atoms with Crippen LogP contribution < -0.4 is 21.1 Å². The van der Waals surface area contributed by atoms with Crippen LogP contribution in [0.5, 0.6) is 5.75 Å². The molecule has 0 saturated carbocycles. The van der Waals surface area contributed by atoms with E-state index in [4.69, 9.17) is 10.5 Å². The van der Waals surface area contributed by atoms with E-state index in [0.29, 0.717) is 17.4 Å². The number of carbonyl (C=O) groups excluding carboxylic acids is 2. The third kappa shape index (κ3) is 6.05. The second kappa shape index (κ2) is 9.08. The van der Waals surface area contributed by atoms with E-state index in [0.717, 1.165) is 15.7 Å². The second-order valence-electron chi connectivity index (χ2n) is 4.59. The molecule has 24 heavy (non-hydrogen) atoms. The van der Waals surface area contributed by atoms with Crippen molar-refractivity contribution in [2.24, 2.45) is 5.73 Å². The van der Waals surface area contributed by atoms with Gasteiger partial charge in [-0.2, -0.15) is 0 Å². The van der Waals surface area contributed by atoms with Gasteiger partial charge in [0.05, 0.1) is 7.11 Å². The number of methoxy groups -OCH3 is 1. The van der Waals surface area contributed by atoms with Crippen LogP contribution in [0.2, 0.25) is 0 Å². The Labute approximate surface area is 147 Å². The zero-order chi connectivity index (χ0) is 17.4. The molecular formula is C14H17N5O3S2. The molecule has 0 aliphatic rings. The quantitative estimate of drug-likeness (QED) is 0.609. The van der Waals surface area contributed by atoms with Gasteiger partial charge in [-0.1, -0.05) is 35.2 Å². The average Bonchev–Trinajstić information content (AvgIpc) is 3.00. The number of nitrogens with two attached hydrogens (primary N) is 1. The number of benzene rings is 1. The zero-order valence-corrected chi connectivity index (χ0v) is 14.6. The standard InChI is InChI=1S/C14H17N5O3S2/c1-22-10-4-2-9(3-5-10)8-16-13-18-19-14(24-13)23-7-6-11(20)17-12(15)21/h2-5H,6-8H2,1H3,(H,16,18)(H3,15,17,20,21). The fourth-order valence-electron chi connectivity index (χ4n) is 1.69. The van der Waals surface area contributed by atoms with Gasteiger partial charge in [0.15, 0.2) is 4.34 Å². The van der Waals surface area contributed by atoms with Crippen LogP contribution in [0.25, 0.3) is 0 Å². The summed E-state index contributed by atoms with van der Waals surface area (Å²) in [6.07, 6.45) is 0.182. The molecule has 1 heterocycles. The van der Waals surface area contributed by atoms with Crippen molar-refractivity contribution in [3.05, 3.63) is 29.8 Å². The number of hydrogen-bond donors (Lipinski definition) is 3. The molecule has 0 fully saturated rings. The number of imide groups is 1. The molecule has 8 nitrogen and oxygen atoms in total. The summed E-state index contributed by atoms with van der Waals surface area (Å²) in [5.41, 5.74) is 5.96. The van der Waals surface area contributed by atoms with Crippen molar-refractivity contribution < 1.29 is 14.3 Å².